The minimum absolute atomic E-state index is 0.519. The summed E-state index contributed by atoms with van der Waals surface area (Å²) < 4.78 is 42.5. The zero-order chi connectivity index (χ0) is 13.1. The molecular formula is C10H9F3O3S. The summed E-state index contributed by atoms with van der Waals surface area (Å²) in [7, 11) is 0. The number of rotatable bonds is 5. The van der Waals surface area contributed by atoms with E-state index < -0.39 is 23.6 Å². The number of alkyl halides is 2. The Balaban J connectivity index is 2.97. The highest BCUT2D eigenvalue weighted by atomic mass is 32.2. The molecule has 0 saturated carbocycles. The molecule has 0 atom stereocenters. The van der Waals surface area contributed by atoms with E-state index in [1.54, 1.807) is 0 Å². The summed E-state index contributed by atoms with van der Waals surface area (Å²) in [6.07, 6.45) is -4.45. The van der Waals surface area contributed by atoms with Gasteiger partial charge < -0.3 is 9.84 Å². The van der Waals surface area contributed by atoms with Crippen LogP contribution in [0.3, 0.4) is 0 Å². The van der Waals surface area contributed by atoms with E-state index in [4.69, 9.17) is 5.11 Å². The van der Waals surface area contributed by atoms with Gasteiger partial charge in [0.2, 0.25) is 0 Å². The number of thioether (sulfide) groups is 1. The van der Waals surface area contributed by atoms with Gasteiger partial charge in [0.25, 0.3) is 0 Å². The van der Waals surface area contributed by atoms with Gasteiger partial charge in [-0.25, -0.2) is 9.18 Å². The normalized spacial score (nSPS) is 11.3. The van der Waals surface area contributed by atoms with Crippen molar-refractivity contribution < 1.29 is 27.8 Å². The molecule has 3 nitrogen and oxygen atoms in total. The van der Waals surface area contributed by atoms with E-state index >= 15 is 0 Å². The summed E-state index contributed by atoms with van der Waals surface area (Å²) in [5.41, 5.74) is 0. The van der Waals surface area contributed by atoms with Crippen LogP contribution in [0, 0.1) is 5.82 Å². The molecule has 94 valence electrons. The lowest BCUT2D eigenvalue weighted by atomic mass is 10.3. The lowest BCUT2D eigenvalue weighted by Gasteiger charge is -2.14. The number of ether oxygens (including phenoxy) is 1. The molecule has 7 heteroatoms. The number of halogens is 3. The fraction of sp³-hybridized carbons (Fsp3) is 0.300. The van der Waals surface area contributed by atoms with Gasteiger partial charge in [-0.15, -0.1) is 11.8 Å². The first-order valence-electron chi connectivity index (χ1n) is 4.59. The van der Waals surface area contributed by atoms with Crippen molar-refractivity contribution in [2.75, 3.05) is 5.75 Å². The molecule has 0 aliphatic carbocycles. The minimum atomic E-state index is -4.45. The molecule has 1 aromatic rings. The van der Waals surface area contributed by atoms with Gasteiger partial charge in [-0.2, -0.15) is 8.78 Å². The van der Waals surface area contributed by atoms with Crippen LogP contribution >= 0.6 is 11.8 Å². The largest absolute Gasteiger partial charge is 0.502 e. The maximum absolute atomic E-state index is 13.1. The van der Waals surface area contributed by atoms with Crippen molar-refractivity contribution in [3.63, 3.8) is 0 Å². The molecule has 0 aliphatic rings. The van der Waals surface area contributed by atoms with Crippen LogP contribution in [0.25, 0.3) is 0 Å². The Morgan fingerprint density at radius 1 is 1.53 bits per heavy atom. The van der Waals surface area contributed by atoms with E-state index in [0.717, 1.165) is 12.1 Å². The summed E-state index contributed by atoms with van der Waals surface area (Å²) in [5.74, 6) is -3.62. The van der Waals surface area contributed by atoms with Crippen molar-refractivity contribution >= 4 is 17.7 Å². The third-order valence-electron chi connectivity index (χ3n) is 1.70. The van der Waals surface area contributed by atoms with Crippen molar-refractivity contribution in [2.45, 2.75) is 17.9 Å². The van der Waals surface area contributed by atoms with Gasteiger partial charge >= 0.3 is 12.1 Å². The van der Waals surface area contributed by atoms with Gasteiger partial charge in [0.15, 0.2) is 11.6 Å². The smallest absolute Gasteiger partial charge is 0.474 e. The lowest BCUT2D eigenvalue weighted by Crippen LogP contribution is -2.35. The van der Waals surface area contributed by atoms with E-state index in [2.05, 4.69) is 4.74 Å². The molecule has 1 N–H and O–H groups in total. The van der Waals surface area contributed by atoms with Gasteiger partial charge in [-0.3, -0.25) is 0 Å². The number of carboxylic acid groups (broad SMARTS) is 1. The summed E-state index contributed by atoms with van der Waals surface area (Å²) in [6, 6.07) is 3.39. The molecule has 1 aromatic carbocycles. The maximum Gasteiger partial charge on any atom is 0.502 e. The SMILES string of the molecule is CCSc1ccc(F)c(OC(F)(F)C(=O)O)c1. The number of aliphatic carboxylic acids is 1. The van der Waals surface area contributed by atoms with Gasteiger partial charge in [-0.05, 0) is 24.0 Å². The molecule has 0 fully saturated rings. The molecule has 0 amide bonds. The Labute approximate surface area is 99.6 Å². The van der Waals surface area contributed by atoms with Gasteiger partial charge in [0.1, 0.15) is 0 Å². The number of carboxylic acids is 1. The standard InChI is InChI=1S/C10H9F3O3S/c1-2-17-6-3-4-7(11)8(5-6)16-10(12,13)9(14)15/h3-5H,2H2,1H3,(H,14,15). The highest BCUT2D eigenvalue weighted by Gasteiger charge is 2.43. The summed E-state index contributed by atoms with van der Waals surface area (Å²) >= 11 is 1.29. The van der Waals surface area contributed by atoms with Crippen molar-refractivity contribution in [1.82, 2.24) is 0 Å². The van der Waals surface area contributed by atoms with E-state index in [1.807, 2.05) is 6.92 Å². The van der Waals surface area contributed by atoms with Crippen molar-refractivity contribution in [3.8, 4) is 5.75 Å². The summed E-state index contributed by atoms with van der Waals surface area (Å²) in [4.78, 5) is 10.7. The Bertz CT molecular complexity index is 423. The summed E-state index contributed by atoms with van der Waals surface area (Å²) in [6.45, 7) is 1.83. The van der Waals surface area contributed by atoms with Crippen LogP contribution in [-0.2, 0) is 4.79 Å². The number of benzene rings is 1. The second kappa shape index (κ2) is 5.31. The van der Waals surface area contributed by atoms with Crippen molar-refractivity contribution in [2.24, 2.45) is 0 Å². The zero-order valence-corrected chi connectivity index (χ0v) is 9.56. The fourth-order valence-electron chi connectivity index (χ4n) is 1.00. The number of hydrogen-bond donors (Lipinski definition) is 1. The number of carbonyl (C=O) groups is 1. The van der Waals surface area contributed by atoms with Gasteiger partial charge in [0.05, 0.1) is 0 Å². The Hall–Kier alpha value is -1.37. The third-order valence-corrected chi connectivity index (χ3v) is 2.58. The first kappa shape index (κ1) is 13.7. The third kappa shape index (κ3) is 3.55. The molecule has 1 rings (SSSR count). The maximum atomic E-state index is 13.1. The van der Waals surface area contributed by atoms with Crippen LogP contribution in [-0.4, -0.2) is 22.9 Å². The van der Waals surface area contributed by atoms with E-state index in [0.29, 0.717) is 10.6 Å². The average Bonchev–Trinajstić information content (AvgIpc) is 2.23. The molecule has 0 spiro atoms. The summed E-state index contributed by atoms with van der Waals surface area (Å²) in [5, 5.41) is 8.16. The molecule has 17 heavy (non-hydrogen) atoms. The highest BCUT2D eigenvalue weighted by molar-refractivity contribution is 7.99. The first-order chi connectivity index (χ1) is 7.86. The van der Waals surface area contributed by atoms with Crippen LogP contribution < -0.4 is 4.74 Å². The monoisotopic (exact) mass is 266 g/mol. The Morgan fingerprint density at radius 2 is 2.18 bits per heavy atom. The predicted octanol–water partition coefficient (Wildman–Crippen LogP) is 2.99. The average molecular weight is 266 g/mol. The van der Waals surface area contributed by atoms with Crippen molar-refractivity contribution in [3.05, 3.63) is 24.0 Å². The molecule has 0 aliphatic heterocycles. The second-order valence-corrected chi connectivity index (χ2v) is 4.29. The Morgan fingerprint density at radius 3 is 2.71 bits per heavy atom. The van der Waals surface area contributed by atoms with Crippen LogP contribution in [0.4, 0.5) is 13.2 Å². The topological polar surface area (TPSA) is 46.5 Å². The van der Waals surface area contributed by atoms with E-state index in [1.165, 1.54) is 17.8 Å². The Kier molecular flexibility index (Phi) is 4.28. The highest BCUT2D eigenvalue weighted by Crippen LogP contribution is 2.29. The molecule has 0 heterocycles. The first-order valence-corrected chi connectivity index (χ1v) is 5.58. The van der Waals surface area contributed by atoms with E-state index in [-0.39, 0.29) is 0 Å². The minimum Gasteiger partial charge on any atom is -0.474 e. The molecule has 0 bridgehead atoms. The van der Waals surface area contributed by atoms with Crippen LogP contribution in [0.15, 0.2) is 23.1 Å². The van der Waals surface area contributed by atoms with Crippen LogP contribution in [0.1, 0.15) is 6.92 Å². The quantitative estimate of drug-likeness (QED) is 0.832. The predicted molar refractivity (Wildman–Crippen MR) is 56.0 cm³/mol. The lowest BCUT2D eigenvalue weighted by molar-refractivity contribution is -0.211. The molecule has 0 saturated heterocycles. The van der Waals surface area contributed by atoms with Crippen LogP contribution in [0.2, 0.25) is 0 Å². The molecule has 0 unspecified atom stereocenters. The molecular weight excluding hydrogens is 257 g/mol. The second-order valence-electron chi connectivity index (χ2n) is 2.95. The van der Waals surface area contributed by atoms with E-state index in [9.17, 15) is 18.0 Å². The van der Waals surface area contributed by atoms with Crippen LogP contribution in [0.5, 0.6) is 5.75 Å². The molecule has 0 radical (unpaired) electrons. The van der Waals surface area contributed by atoms with Crippen molar-refractivity contribution in [1.29, 1.82) is 0 Å². The molecule has 0 aromatic heterocycles. The van der Waals surface area contributed by atoms with Gasteiger partial charge in [-0.1, -0.05) is 6.92 Å². The number of hydrogen-bond acceptors (Lipinski definition) is 3. The zero-order valence-electron chi connectivity index (χ0n) is 8.75. The van der Waals surface area contributed by atoms with Gasteiger partial charge in [0, 0.05) is 4.90 Å². The fourth-order valence-corrected chi connectivity index (χ4v) is 1.69.